The van der Waals surface area contributed by atoms with E-state index in [1.54, 1.807) is 25.1 Å². The fourth-order valence-electron chi connectivity index (χ4n) is 1.85. The molecule has 7 heteroatoms. The molecule has 6 nitrogen and oxygen atoms in total. The van der Waals surface area contributed by atoms with E-state index in [1.807, 2.05) is 0 Å². The van der Waals surface area contributed by atoms with Gasteiger partial charge in [0.25, 0.3) is 11.6 Å². The van der Waals surface area contributed by atoms with Crippen LogP contribution in [0.15, 0.2) is 36.5 Å². The molecule has 0 spiro atoms. The van der Waals surface area contributed by atoms with Crippen LogP contribution < -0.4 is 5.32 Å². The number of aromatic nitrogens is 1. The Balaban J connectivity index is 2.12. The Hall–Kier alpha value is -2.47. The van der Waals surface area contributed by atoms with Crippen molar-refractivity contribution in [2.24, 2.45) is 0 Å². The molecular formula is C14H12ClN3O3. The smallest absolute Gasteiger partial charge is 0.272 e. The number of hydrogen-bond acceptors (Lipinski definition) is 4. The minimum absolute atomic E-state index is 0.0302. The van der Waals surface area contributed by atoms with Crippen LogP contribution in [0.2, 0.25) is 5.02 Å². The average molecular weight is 306 g/mol. The van der Waals surface area contributed by atoms with E-state index in [0.717, 1.165) is 0 Å². The minimum Gasteiger partial charge on any atom is -0.347 e. The SMILES string of the molecule is Cc1c(CNC(=O)c2cc(Cl)ccn2)cccc1[N+](=O)[O-]. The predicted molar refractivity (Wildman–Crippen MR) is 78.3 cm³/mol. The highest BCUT2D eigenvalue weighted by Crippen LogP contribution is 2.20. The van der Waals surface area contributed by atoms with E-state index in [9.17, 15) is 14.9 Å². The zero-order valence-corrected chi connectivity index (χ0v) is 11.9. The first-order valence-electron chi connectivity index (χ1n) is 6.11. The van der Waals surface area contributed by atoms with Crippen LogP contribution in [0.3, 0.4) is 0 Å². The number of carbonyl (C=O) groups is 1. The number of amides is 1. The average Bonchev–Trinajstić information content (AvgIpc) is 2.45. The van der Waals surface area contributed by atoms with Gasteiger partial charge >= 0.3 is 0 Å². The lowest BCUT2D eigenvalue weighted by atomic mass is 10.1. The third-order valence-electron chi connectivity index (χ3n) is 3.01. The van der Waals surface area contributed by atoms with Gasteiger partial charge in [0.2, 0.25) is 0 Å². The largest absolute Gasteiger partial charge is 0.347 e. The maximum atomic E-state index is 11.9. The van der Waals surface area contributed by atoms with Crippen LogP contribution in [0.5, 0.6) is 0 Å². The molecule has 0 aliphatic carbocycles. The maximum Gasteiger partial charge on any atom is 0.272 e. The molecule has 0 fully saturated rings. The molecule has 1 amide bonds. The van der Waals surface area contributed by atoms with Crippen LogP contribution in [0.1, 0.15) is 21.6 Å². The number of rotatable bonds is 4. The highest BCUT2D eigenvalue weighted by molar-refractivity contribution is 6.30. The zero-order valence-electron chi connectivity index (χ0n) is 11.2. The number of nitrogens with one attached hydrogen (secondary N) is 1. The quantitative estimate of drug-likeness (QED) is 0.695. The number of benzene rings is 1. The lowest BCUT2D eigenvalue weighted by Gasteiger charge is -2.08. The predicted octanol–water partition coefficient (Wildman–Crippen LogP) is 2.88. The molecule has 2 aromatic rings. The van der Waals surface area contributed by atoms with Gasteiger partial charge in [0.15, 0.2) is 0 Å². The van der Waals surface area contributed by atoms with Gasteiger partial charge in [-0.15, -0.1) is 0 Å². The molecule has 0 radical (unpaired) electrons. The van der Waals surface area contributed by atoms with Crippen molar-refractivity contribution < 1.29 is 9.72 Å². The Kier molecular flexibility index (Phi) is 4.49. The summed E-state index contributed by atoms with van der Waals surface area (Å²) in [4.78, 5) is 26.3. The molecule has 2 rings (SSSR count). The summed E-state index contributed by atoms with van der Waals surface area (Å²) in [6.45, 7) is 1.83. The van der Waals surface area contributed by atoms with Gasteiger partial charge in [-0.3, -0.25) is 19.9 Å². The summed E-state index contributed by atoms with van der Waals surface area (Å²) in [5.74, 6) is -0.386. The number of nitro groups is 1. The monoisotopic (exact) mass is 305 g/mol. The number of hydrogen-bond donors (Lipinski definition) is 1. The molecule has 108 valence electrons. The first kappa shape index (κ1) is 14.9. The standard InChI is InChI=1S/C14H12ClN3O3/c1-9-10(3-2-4-13(9)18(20)21)8-17-14(19)12-7-11(15)5-6-16-12/h2-7H,8H2,1H3,(H,17,19). The van der Waals surface area contributed by atoms with E-state index in [1.165, 1.54) is 18.3 Å². The molecular weight excluding hydrogens is 294 g/mol. The molecule has 1 heterocycles. The topological polar surface area (TPSA) is 85.1 Å². The van der Waals surface area contributed by atoms with Crippen molar-refractivity contribution in [3.05, 3.63) is 68.5 Å². The third kappa shape index (κ3) is 3.55. The minimum atomic E-state index is -0.445. The van der Waals surface area contributed by atoms with Crippen molar-refractivity contribution in [3.8, 4) is 0 Å². The van der Waals surface area contributed by atoms with E-state index in [0.29, 0.717) is 16.1 Å². The second-order valence-corrected chi connectivity index (χ2v) is 4.80. The van der Waals surface area contributed by atoms with Gasteiger partial charge in [-0.25, -0.2) is 0 Å². The lowest BCUT2D eigenvalue weighted by Crippen LogP contribution is -2.24. The fourth-order valence-corrected chi connectivity index (χ4v) is 2.01. The molecule has 0 saturated heterocycles. The Bertz CT molecular complexity index is 704. The van der Waals surface area contributed by atoms with Gasteiger partial charge in [0.05, 0.1) is 4.92 Å². The van der Waals surface area contributed by atoms with Gasteiger partial charge in [-0.1, -0.05) is 23.7 Å². The molecule has 0 saturated carbocycles. The van der Waals surface area contributed by atoms with E-state index < -0.39 is 4.92 Å². The Morgan fingerprint density at radius 3 is 2.86 bits per heavy atom. The van der Waals surface area contributed by atoms with Gasteiger partial charge in [0, 0.05) is 29.4 Å². The van der Waals surface area contributed by atoms with E-state index in [4.69, 9.17) is 11.6 Å². The first-order valence-corrected chi connectivity index (χ1v) is 6.49. The summed E-state index contributed by atoms with van der Waals surface area (Å²) in [5, 5.41) is 13.9. The highest BCUT2D eigenvalue weighted by atomic mass is 35.5. The van der Waals surface area contributed by atoms with Crippen molar-refractivity contribution in [2.45, 2.75) is 13.5 Å². The van der Waals surface area contributed by atoms with Crippen LogP contribution in [-0.2, 0) is 6.54 Å². The molecule has 0 atom stereocenters. The van der Waals surface area contributed by atoms with Gasteiger partial charge in [-0.05, 0) is 24.6 Å². The summed E-state index contributed by atoms with van der Waals surface area (Å²) in [7, 11) is 0. The van der Waals surface area contributed by atoms with E-state index >= 15 is 0 Å². The second kappa shape index (κ2) is 6.32. The van der Waals surface area contributed by atoms with Crippen LogP contribution in [0.25, 0.3) is 0 Å². The van der Waals surface area contributed by atoms with Crippen molar-refractivity contribution in [1.29, 1.82) is 0 Å². The summed E-state index contributed by atoms with van der Waals surface area (Å²) in [6, 6.07) is 7.78. The normalized spacial score (nSPS) is 10.2. The van der Waals surface area contributed by atoms with Gasteiger partial charge in [0.1, 0.15) is 5.69 Å². The van der Waals surface area contributed by atoms with Crippen LogP contribution in [-0.4, -0.2) is 15.8 Å². The summed E-state index contributed by atoms with van der Waals surface area (Å²) < 4.78 is 0. The Morgan fingerprint density at radius 2 is 2.19 bits per heavy atom. The molecule has 0 bridgehead atoms. The van der Waals surface area contributed by atoms with Crippen molar-refractivity contribution in [1.82, 2.24) is 10.3 Å². The maximum absolute atomic E-state index is 11.9. The van der Waals surface area contributed by atoms with E-state index in [2.05, 4.69) is 10.3 Å². The third-order valence-corrected chi connectivity index (χ3v) is 3.24. The zero-order chi connectivity index (χ0) is 15.4. The number of carbonyl (C=O) groups excluding carboxylic acids is 1. The molecule has 1 N–H and O–H groups in total. The summed E-state index contributed by atoms with van der Waals surface area (Å²) in [6.07, 6.45) is 1.44. The van der Waals surface area contributed by atoms with Crippen molar-refractivity contribution in [2.75, 3.05) is 0 Å². The first-order chi connectivity index (χ1) is 9.99. The molecule has 1 aromatic carbocycles. The molecule has 0 aliphatic rings. The van der Waals surface area contributed by atoms with Crippen LogP contribution in [0.4, 0.5) is 5.69 Å². The van der Waals surface area contributed by atoms with Gasteiger partial charge in [-0.2, -0.15) is 0 Å². The summed E-state index contributed by atoms with van der Waals surface area (Å²) in [5.41, 5.74) is 1.44. The second-order valence-electron chi connectivity index (χ2n) is 4.36. The fraction of sp³-hybridized carbons (Fsp3) is 0.143. The van der Waals surface area contributed by atoms with Crippen LogP contribution in [0, 0.1) is 17.0 Å². The van der Waals surface area contributed by atoms with Gasteiger partial charge < -0.3 is 5.32 Å². The molecule has 1 aromatic heterocycles. The van der Waals surface area contributed by atoms with E-state index in [-0.39, 0.29) is 23.8 Å². The Labute approximate surface area is 125 Å². The van der Waals surface area contributed by atoms with Crippen molar-refractivity contribution >= 4 is 23.2 Å². The number of nitro benzene ring substituents is 1. The molecule has 21 heavy (non-hydrogen) atoms. The molecule has 0 aliphatic heterocycles. The Morgan fingerprint density at radius 1 is 1.43 bits per heavy atom. The highest BCUT2D eigenvalue weighted by Gasteiger charge is 2.14. The molecule has 0 unspecified atom stereocenters. The number of nitrogens with zero attached hydrogens (tertiary/aromatic N) is 2. The lowest BCUT2D eigenvalue weighted by molar-refractivity contribution is -0.385. The number of halogens is 1. The number of pyridine rings is 1. The summed E-state index contributed by atoms with van der Waals surface area (Å²) >= 11 is 5.79. The van der Waals surface area contributed by atoms with Crippen LogP contribution >= 0.6 is 11.6 Å². The van der Waals surface area contributed by atoms with Crippen molar-refractivity contribution in [3.63, 3.8) is 0 Å².